The molecule has 0 aliphatic carbocycles. The van der Waals surface area contributed by atoms with Gasteiger partial charge in [-0.1, -0.05) is 48.0 Å². The molecule has 0 saturated carbocycles. The highest BCUT2D eigenvalue weighted by atomic mass is 14.9. The summed E-state index contributed by atoms with van der Waals surface area (Å²) in [4.78, 5) is 0. The van der Waals surface area contributed by atoms with E-state index in [1.54, 1.807) is 5.56 Å². The first-order valence-corrected chi connectivity index (χ1v) is 7.11. The Labute approximate surface area is 115 Å². The first-order chi connectivity index (χ1) is 9.33. The minimum atomic E-state index is 0.910. The Bertz CT molecular complexity index is 572. The first kappa shape index (κ1) is 12.4. The van der Waals surface area contributed by atoms with Crippen molar-refractivity contribution in [2.75, 3.05) is 6.54 Å². The molecule has 1 nitrogen and oxygen atoms in total. The van der Waals surface area contributed by atoms with E-state index in [4.69, 9.17) is 0 Å². The van der Waals surface area contributed by atoms with Crippen molar-refractivity contribution in [3.63, 3.8) is 0 Å². The van der Waals surface area contributed by atoms with Crippen molar-refractivity contribution in [1.82, 2.24) is 5.32 Å². The van der Waals surface area contributed by atoms with Crippen molar-refractivity contribution in [3.05, 3.63) is 70.3 Å². The van der Waals surface area contributed by atoms with Crippen molar-refractivity contribution < 1.29 is 0 Å². The number of rotatable bonds is 3. The summed E-state index contributed by atoms with van der Waals surface area (Å²) in [6.45, 7) is 4.07. The lowest BCUT2D eigenvalue weighted by Crippen LogP contribution is -2.19. The minimum Gasteiger partial charge on any atom is -0.237 e. The van der Waals surface area contributed by atoms with Crippen LogP contribution in [0.25, 0.3) is 0 Å². The Balaban J connectivity index is 1.77. The standard InChI is InChI=1S/C18H20N/c1-14-4-2-5-15(12-14)8-9-16-6-3-7-17-13-19-11-10-18(16)17/h2-7,12H,8-11,13H2,1H3. The van der Waals surface area contributed by atoms with Crippen LogP contribution in [-0.2, 0) is 25.8 Å². The van der Waals surface area contributed by atoms with E-state index in [9.17, 15) is 0 Å². The summed E-state index contributed by atoms with van der Waals surface area (Å²) in [5, 5.41) is 4.49. The number of hydrogen-bond acceptors (Lipinski definition) is 0. The summed E-state index contributed by atoms with van der Waals surface area (Å²) in [6.07, 6.45) is 3.40. The van der Waals surface area contributed by atoms with Crippen molar-refractivity contribution in [1.29, 1.82) is 0 Å². The molecule has 1 heterocycles. The highest BCUT2D eigenvalue weighted by Crippen LogP contribution is 2.21. The monoisotopic (exact) mass is 250 g/mol. The third kappa shape index (κ3) is 2.87. The van der Waals surface area contributed by atoms with Gasteiger partial charge in [-0.15, -0.1) is 0 Å². The van der Waals surface area contributed by atoms with Crippen LogP contribution in [0.2, 0.25) is 0 Å². The van der Waals surface area contributed by atoms with Gasteiger partial charge >= 0.3 is 0 Å². The van der Waals surface area contributed by atoms with E-state index in [0.717, 1.165) is 32.4 Å². The molecule has 97 valence electrons. The average Bonchev–Trinajstić information content (AvgIpc) is 2.45. The van der Waals surface area contributed by atoms with Crippen LogP contribution >= 0.6 is 0 Å². The largest absolute Gasteiger partial charge is 0.237 e. The zero-order valence-corrected chi connectivity index (χ0v) is 11.5. The van der Waals surface area contributed by atoms with Gasteiger partial charge in [0.15, 0.2) is 0 Å². The molecule has 1 heteroatoms. The van der Waals surface area contributed by atoms with E-state index in [1.165, 1.54) is 22.3 Å². The fourth-order valence-corrected chi connectivity index (χ4v) is 2.93. The van der Waals surface area contributed by atoms with Crippen LogP contribution < -0.4 is 5.32 Å². The maximum absolute atomic E-state index is 4.49. The third-order valence-corrected chi connectivity index (χ3v) is 3.94. The highest BCUT2D eigenvalue weighted by Gasteiger charge is 2.12. The molecule has 0 atom stereocenters. The first-order valence-electron chi connectivity index (χ1n) is 7.11. The van der Waals surface area contributed by atoms with Gasteiger partial charge in [-0.3, -0.25) is 0 Å². The molecule has 1 aliphatic rings. The lowest BCUT2D eigenvalue weighted by molar-refractivity contribution is 0.625. The van der Waals surface area contributed by atoms with Gasteiger partial charge < -0.3 is 0 Å². The van der Waals surface area contributed by atoms with Crippen LogP contribution in [0.3, 0.4) is 0 Å². The molecule has 2 aromatic carbocycles. The number of aryl methyl sites for hydroxylation is 3. The second kappa shape index (κ2) is 5.58. The Hall–Kier alpha value is -1.60. The summed E-state index contributed by atoms with van der Waals surface area (Å²) in [5.41, 5.74) is 7.32. The van der Waals surface area contributed by atoms with Crippen molar-refractivity contribution in [3.8, 4) is 0 Å². The van der Waals surface area contributed by atoms with Crippen LogP contribution in [0.4, 0.5) is 0 Å². The Morgan fingerprint density at radius 1 is 1.05 bits per heavy atom. The molecule has 0 amide bonds. The van der Waals surface area contributed by atoms with Crippen LogP contribution in [0.15, 0.2) is 42.5 Å². The third-order valence-electron chi connectivity index (χ3n) is 3.94. The molecule has 0 bridgehead atoms. The number of hydrogen-bond donors (Lipinski definition) is 0. The van der Waals surface area contributed by atoms with Gasteiger partial charge in [0.05, 0.1) is 0 Å². The van der Waals surface area contributed by atoms with Crippen LogP contribution in [0.5, 0.6) is 0 Å². The lowest BCUT2D eigenvalue weighted by Gasteiger charge is -2.19. The molecule has 0 fully saturated rings. The van der Waals surface area contributed by atoms with Crippen LogP contribution in [0.1, 0.15) is 27.8 Å². The van der Waals surface area contributed by atoms with Crippen molar-refractivity contribution in [2.24, 2.45) is 0 Å². The zero-order chi connectivity index (χ0) is 13.1. The second-order valence-electron chi connectivity index (χ2n) is 5.40. The Morgan fingerprint density at radius 2 is 1.95 bits per heavy atom. The summed E-state index contributed by atoms with van der Waals surface area (Å²) in [6, 6.07) is 15.6. The van der Waals surface area contributed by atoms with Gasteiger partial charge in [0, 0.05) is 13.1 Å². The Kier molecular flexibility index (Phi) is 3.65. The molecule has 2 aromatic rings. The average molecular weight is 250 g/mol. The SMILES string of the molecule is Cc1cccc(CCc2cccc3c2CC[N]C3)c1. The predicted octanol–water partition coefficient (Wildman–Crippen LogP) is 3.44. The van der Waals surface area contributed by atoms with Crippen molar-refractivity contribution in [2.45, 2.75) is 32.7 Å². The van der Waals surface area contributed by atoms with Crippen LogP contribution in [0, 0.1) is 6.92 Å². The fraction of sp³-hybridized carbons (Fsp3) is 0.333. The van der Waals surface area contributed by atoms with Gasteiger partial charge in [-0.05, 0) is 48.4 Å². The number of nitrogens with zero attached hydrogens (tertiary/aromatic N) is 1. The maximum atomic E-state index is 4.49. The zero-order valence-electron chi connectivity index (χ0n) is 11.5. The smallest absolute Gasteiger partial charge is 0.0387 e. The van der Waals surface area contributed by atoms with E-state index in [1.807, 2.05) is 0 Å². The van der Waals surface area contributed by atoms with Gasteiger partial charge in [0.1, 0.15) is 0 Å². The van der Waals surface area contributed by atoms with Gasteiger partial charge in [-0.25, -0.2) is 5.32 Å². The highest BCUT2D eigenvalue weighted by molar-refractivity contribution is 5.37. The molecular weight excluding hydrogens is 230 g/mol. The number of benzene rings is 2. The Morgan fingerprint density at radius 3 is 2.84 bits per heavy atom. The molecule has 0 saturated heterocycles. The van der Waals surface area contributed by atoms with Crippen LogP contribution in [-0.4, -0.2) is 6.54 Å². The van der Waals surface area contributed by atoms with E-state index >= 15 is 0 Å². The second-order valence-corrected chi connectivity index (χ2v) is 5.40. The molecule has 0 unspecified atom stereocenters. The fourth-order valence-electron chi connectivity index (χ4n) is 2.93. The summed E-state index contributed by atoms with van der Waals surface area (Å²) >= 11 is 0. The van der Waals surface area contributed by atoms with E-state index in [-0.39, 0.29) is 0 Å². The summed E-state index contributed by atoms with van der Waals surface area (Å²) < 4.78 is 0. The minimum absolute atomic E-state index is 0.910. The molecule has 0 spiro atoms. The van der Waals surface area contributed by atoms with E-state index in [0.29, 0.717) is 0 Å². The van der Waals surface area contributed by atoms with E-state index < -0.39 is 0 Å². The molecule has 3 rings (SSSR count). The van der Waals surface area contributed by atoms with Crippen molar-refractivity contribution >= 4 is 0 Å². The predicted molar refractivity (Wildman–Crippen MR) is 79.4 cm³/mol. The maximum Gasteiger partial charge on any atom is 0.0387 e. The molecule has 0 N–H and O–H groups in total. The van der Waals surface area contributed by atoms with Gasteiger partial charge in [-0.2, -0.15) is 0 Å². The molecule has 0 aromatic heterocycles. The summed E-state index contributed by atoms with van der Waals surface area (Å²) in [5.74, 6) is 0. The topological polar surface area (TPSA) is 14.1 Å². The van der Waals surface area contributed by atoms with E-state index in [2.05, 4.69) is 54.7 Å². The summed E-state index contributed by atoms with van der Waals surface area (Å²) in [7, 11) is 0. The van der Waals surface area contributed by atoms with Gasteiger partial charge in [0.25, 0.3) is 0 Å². The number of fused-ring (bicyclic) bond motifs is 1. The molecule has 19 heavy (non-hydrogen) atoms. The molecule has 1 aliphatic heterocycles. The normalized spacial score (nSPS) is 14.2. The van der Waals surface area contributed by atoms with Gasteiger partial charge in [0.2, 0.25) is 0 Å². The lowest BCUT2D eigenvalue weighted by atomic mass is 9.92. The quantitative estimate of drug-likeness (QED) is 0.792. The molecule has 1 radical (unpaired) electrons. The molecular formula is C18H20N.